The van der Waals surface area contributed by atoms with Gasteiger partial charge in [0.15, 0.2) is 17.4 Å². The third kappa shape index (κ3) is 4.47. The summed E-state index contributed by atoms with van der Waals surface area (Å²) >= 11 is 0. The van der Waals surface area contributed by atoms with Gasteiger partial charge in [-0.25, -0.2) is 14.3 Å². The van der Waals surface area contributed by atoms with Crippen molar-refractivity contribution in [1.29, 1.82) is 5.53 Å². The quantitative estimate of drug-likeness (QED) is 0.338. The van der Waals surface area contributed by atoms with Crippen LogP contribution in [0.3, 0.4) is 0 Å². The number of fused-ring (bicyclic) bond motifs is 1. The van der Waals surface area contributed by atoms with Crippen molar-refractivity contribution in [3.63, 3.8) is 0 Å². The molecule has 1 aromatic heterocycles. The van der Waals surface area contributed by atoms with Crippen molar-refractivity contribution in [2.24, 2.45) is 11.0 Å². The molecule has 0 bridgehead atoms. The molecule has 0 amide bonds. The number of Topliss-reactive ketones (excluding diaryl/α,β-unsaturated/α-hetero) is 1. The Balaban J connectivity index is 1.54. The highest BCUT2D eigenvalue weighted by Gasteiger charge is 2.22. The molecule has 2 heterocycles. The van der Waals surface area contributed by atoms with Gasteiger partial charge in [-0.3, -0.25) is 9.59 Å². The molecule has 0 aliphatic carbocycles. The van der Waals surface area contributed by atoms with Gasteiger partial charge in [-0.05, 0) is 62.3 Å². The summed E-state index contributed by atoms with van der Waals surface area (Å²) in [5, 5.41) is 9.86. The molecule has 32 heavy (non-hydrogen) atoms. The zero-order chi connectivity index (χ0) is 22.7. The lowest BCUT2D eigenvalue weighted by Crippen LogP contribution is -2.31. The van der Waals surface area contributed by atoms with Gasteiger partial charge in [0.2, 0.25) is 0 Å². The molecule has 9 heteroatoms. The van der Waals surface area contributed by atoms with Gasteiger partial charge in [0, 0.05) is 34.8 Å². The lowest BCUT2D eigenvalue weighted by Gasteiger charge is -2.21. The topological polar surface area (TPSA) is 110 Å². The standard InChI is InChI=1S/C23H21F2N5O2/c24-18-10-15-9-17(23(32)29-20(15)11-19(18)25)21(30-26)12-28-16-3-1-13(2-4-16)22(31)14-5-7-27-8-6-14/h1-4,9-12,14,26-28H,5-8H2,(H,29,32)/b21-12-,30-26?. The van der Waals surface area contributed by atoms with Crippen LogP contribution >= 0.6 is 0 Å². The summed E-state index contributed by atoms with van der Waals surface area (Å²) < 4.78 is 27.0. The second-order valence-electron chi connectivity index (χ2n) is 7.62. The number of anilines is 1. The monoisotopic (exact) mass is 437 g/mol. The van der Waals surface area contributed by atoms with Crippen LogP contribution in [0.4, 0.5) is 14.5 Å². The largest absolute Gasteiger partial charge is 0.360 e. The molecular weight excluding hydrogens is 416 g/mol. The maximum atomic E-state index is 13.6. The van der Waals surface area contributed by atoms with Gasteiger partial charge in [-0.15, -0.1) is 0 Å². The van der Waals surface area contributed by atoms with Gasteiger partial charge in [0.25, 0.3) is 5.56 Å². The molecule has 3 aromatic rings. The predicted molar refractivity (Wildman–Crippen MR) is 118 cm³/mol. The average Bonchev–Trinajstić information content (AvgIpc) is 2.81. The van der Waals surface area contributed by atoms with E-state index in [0.29, 0.717) is 11.3 Å². The van der Waals surface area contributed by atoms with Crippen LogP contribution in [0.1, 0.15) is 28.8 Å². The van der Waals surface area contributed by atoms with Crippen LogP contribution in [0.2, 0.25) is 0 Å². The van der Waals surface area contributed by atoms with E-state index in [9.17, 15) is 18.4 Å². The van der Waals surface area contributed by atoms with Crippen molar-refractivity contribution >= 4 is 28.1 Å². The minimum Gasteiger partial charge on any atom is -0.360 e. The van der Waals surface area contributed by atoms with Crippen molar-refractivity contribution in [3.8, 4) is 0 Å². The lowest BCUT2D eigenvalue weighted by atomic mass is 9.89. The number of H-pyrrole nitrogens is 1. The fourth-order valence-corrected chi connectivity index (χ4v) is 3.76. The molecule has 0 spiro atoms. The van der Waals surface area contributed by atoms with E-state index in [1.165, 1.54) is 12.3 Å². The number of hydrogen-bond acceptors (Lipinski definition) is 6. The Kier molecular flexibility index (Phi) is 6.18. The Morgan fingerprint density at radius 3 is 2.47 bits per heavy atom. The first-order valence-electron chi connectivity index (χ1n) is 10.2. The number of piperidine rings is 1. The molecule has 0 unspecified atom stereocenters. The number of pyridine rings is 1. The van der Waals surface area contributed by atoms with Crippen LogP contribution in [0, 0.1) is 23.1 Å². The van der Waals surface area contributed by atoms with E-state index in [0.717, 1.165) is 38.1 Å². The SMILES string of the molecule is N=N/C(=C\Nc1ccc(C(=O)C2CCNCC2)cc1)c1cc2cc(F)c(F)cc2[nH]c1=O. The number of aromatic nitrogens is 1. The Hall–Kier alpha value is -3.72. The average molecular weight is 437 g/mol. The molecule has 7 nitrogen and oxygen atoms in total. The summed E-state index contributed by atoms with van der Waals surface area (Å²) in [6, 6.07) is 10.2. The molecule has 0 radical (unpaired) electrons. The number of aromatic amines is 1. The van der Waals surface area contributed by atoms with Crippen LogP contribution < -0.4 is 16.2 Å². The molecule has 0 saturated carbocycles. The first-order chi connectivity index (χ1) is 15.5. The van der Waals surface area contributed by atoms with Crippen LogP contribution in [-0.4, -0.2) is 23.9 Å². The fourth-order valence-electron chi connectivity index (χ4n) is 3.76. The number of ketones is 1. The third-order valence-corrected chi connectivity index (χ3v) is 5.54. The smallest absolute Gasteiger partial charge is 0.258 e. The highest BCUT2D eigenvalue weighted by molar-refractivity contribution is 5.98. The van der Waals surface area contributed by atoms with Gasteiger partial charge in [0.1, 0.15) is 5.70 Å². The number of hydrogen-bond donors (Lipinski definition) is 4. The Labute approximate surface area is 182 Å². The van der Waals surface area contributed by atoms with Gasteiger partial charge in [-0.2, -0.15) is 5.11 Å². The third-order valence-electron chi connectivity index (χ3n) is 5.54. The summed E-state index contributed by atoms with van der Waals surface area (Å²) in [6.07, 6.45) is 3.02. The molecular formula is C23H21F2N5O2. The van der Waals surface area contributed by atoms with E-state index < -0.39 is 17.2 Å². The molecule has 164 valence electrons. The summed E-state index contributed by atoms with van der Waals surface area (Å²) in [7, 11) is 0. The maximum absolute atomic E-state index is 13.6. The molecule has 2 aromatic carbocycles. The zero-order valence-electron chi connectivity index (χ0n) is 17.0. The second-order valence-corrected chi connectivity index (χ2v) is 7.62. The van der Waals surface area contributed by atoms with Gasteiger partial charge in [0.05, 0.1) is 11.1 Å². The molecule has 4 N–H and O–H groups in total. The molecule has 0 atom stereocenters. The first-order valence-corrected chi connectivity index (χ1v) is 10.2. The lowest BCUT2D eigenvalue weighted by molar-refractivity contribution is 0.0895. The summed E-state index contributed by atoms with van der Waals surface area (Å²) in [6.45, 7) is 1.69. The minimum absolute atomic E-state index is 0.00717. The van der Waals surface area contributed by atoms with Crippen LogP contribution in [0.15, 0.2) is 58.6 Å². The Bertz CT molecular complexity index is 1260. The molecule has 1 fully saturated rings. The van der Waals surface area contributed by atoms with Gasteiger partial charge >= 0.3 is 0 Å². The summed E-state index contributed by atoms with van der Waals surface area (Å²) in [5.41, 5.74) is 8.30. The zero-order valence-corrected chi connectivity index (χ0v) is 17.0. The highest BCUT2D eigenvalue weighted by atomic mass is 19.2. The van der Waals surface area contributed by atoms with E-state index in [-0.39, 0.29) is 33.9 Å². The molecule has 1 aliphatic rings. The van der Waals surface area contributed by atoms with Crippen molar-refractivity contribution < 1.29 is 13.6 Å². The van der Waals surface area contributed by atoms with Crippen LogP contribution in [0.25, 0.3) is 16.6 Å². The van der Waals surface area contributed by atoms with E-state index >= 15 is 0 Å². The fraction of sp³-hybridized carbons (Fsp3) is 0.217. The van der Waals surface area contributed by atoms with Crippen LogP contribution in [0.5, 0.6) is 0 Å². The van der Waals surface area contributed by atoms with Gasteiger partial charge < -0.3 is 15.6 Å². The number of carbonyl (C=O) groups is 1. The number of carbonyl (C=O) groups excluding carboxylic acids is 1. The van der Waals surface area contributed by atoms with Crippen LogP contribution in [-0.2, 0) is 0 Å². The van der Waals surface area contributed by atoms with Crippen molar-refractivity contribution in [2.45, 2.75) is 12.8 Å². The number of rotatable bonds is 6. The van der Waals surface area contributed by atoms with E-state index in [4.69, 9.17) is 5.53 Å². The number of nitrogens with one attached hydrogen (secondary N) is 4. The summed E-state index contributed by atoms with van der Waals surface area (Å²) in [4.78, 5) is 27.5. The van der Waals surface area contributed by atoms with Crippen molar-refractivity contribution in [2.75, 3.05) is 18.4 Å². The molecule has 4 rings (SSSR count). The number of benzene rings is 2. The van der Waals surface area contributed by atoms with E-state index in [1.54, 1.807) is 24.3 Å². The Morgan fingerprint density at radius 2 is 1.78 bits per heavy atom. The first kappa shape index (κ1) is 21.5. The second kappa shape index (κ2) is 9.19. The van der Waals surface area contributed by atoms with E-state index in [1.807, 2.05) is 0 Å². The van der Waals surface area contributed by atoms with Crippen molar-refractivity contribution in [1.82, 2.24) is 10.3 Å². The Morgan fingerprint density at radius 1 is 1.09 bits per heavy atom. The van der Waals surface area contributed by atoms with Crippen molar-refractivity contribution in [3.05, 3.63) is 81.8 Å². The molecule has 1 saturated heterocycles. The number of nitrogens with zero attached hydrogens (tertiary/aromatic N) is 1. The number of halogens is 2. The normalized spacial score (nSPS) is 15.0. The highest BCUT2D eigenvalue weighted by Crippen LogP contribution is 2.22. The van der Waals surface area contributed by atoms with E-state index in [2.05, 4.69) is 20.7 Å². The molecule has 1 aliphatic heterocycles. The summed E-state index contributed by atoms with van der Waals surface area (Å²) in [5.74, 6) is -1.95. The minimum atomic E-state index is -1.06. The maximum Gasteiger partial charge on any atom is 0.258 e. The van der Waals surface area contributed by atoms with Gasteiger partial charge in [-0.1, -0.05) is 0 Å². The predicted octanol–water partition coefficient (Wildman–Crippen LogP) is 4.43.